The van der Waals surface area contributed by atoms with E-state index in [2.05, 4.69) is 18.8 Å². The van der Waals surface area contributed by atoms with E-state index < -0.39 is 10.0 Å². The lowest BCUT2D eigenvalue weighted by Gasteiger charge is -2.23. The number of hydrogen-bond donors (Lipinski definition) is 0. The fraction of sp³-hybridized carbons (Fsp3) is 0.364. The van der Waals surface area contributed by atoms with Crippen molar-refractivity contribution in [3.8, 4) is 0 Å². The third kappa shape index (κ3) is 3.64. The van der Waals surface area contributed by atoms with Crippen molar-refractivity contribution in [3.05, 3.63) is 35.9 Å². The molecule has 0 aliphatic heterocycles. The quantitative estimate of drug-likeness (QED) is 0.679. The molecule has 0 radical (unpaired) electrons. The number of ketones is 1. The molecule has 0 N–H and O–H groups in total. The maximum absolute atomic E-state index is 11.7. The van der Waals surface area contributed by atoms with Gasteiger partial charge in [0, 0.05) is 11.3 Å². The van der Waals surface area contributed by atoms with Crippen molar-refractivity contribution < 1.29 is 4.79 Å². The van der Waals surface area contributed by atoms with Gasteiger partial charge in [0.15, 0.2) is 5.78 Å². The van der Waals surface area contributed by atoms with Crippen LogP contribution in [0.15, 0.2) is 30.3 Å². The summed E-state index contributed by atoms with van der Waals surface area (Å²) in [6, 6.07) is 9.51. The molecule has 0 unspecified atom stereocenters. The summed E-state index contributed by atoms with van der Waals surface area (Å²) in [6.45, 7) is 0. The molecule has 0 saturated heterocycles. The van der Waals surface area contributed by atoms with Gasteiger partial charge in [0.2, 0.25) is 0 Å². The SMILES string of the molecule is CS(C)(C)CC(=O)c1ccccc1. The van der Waals surface area contributed by atoms with Crippen LogP contribution >= 0.6 is 10.0 Å². The van der Waals surface area contributed by atoms with Gasteiger partial charge in [-0.1, -0.05) is 30.3 Å². The van der Waals surface area contributed by atoms with Crippen molar-refractivity contribution in [2.45, 2.75) is 0 Å². The van der Waals surface area contributed by atoms with Gasteiger partial charge in [-0.2, -0.15) is 0 Å². The maximum atomic E-state index is 11.7. The van der Waals surface area contributed by atoms with Gasteiger partial charge < -0.3 is 0 Å². The minimum Gasteiger partial charge on any atom is -0.293 e. The Labute approximate surface area is 81.5 Å². The van der Waals surface area contributed by atoms with Crippen LogP contribution in [0.1, 0.15) is 10.4 Å². The monoisotopic (exact) mass is 196 g/mol. The summed E-state index contributed by atoms with van der Waals surface area (Å²) in [5.74, 6) is 0.958. The predicted octanol–water partition coefficient (Wildman–Crippen LogP) is 2.56. The molecule has 1 rings (SSSR count). The number of benzene rings is 1. The van der Waals surface area contributed by atoms with E-state index in [1.165, 1.54) is 0 Å². The molecule has 0 amide bonds. The molecule has 2 heteroatoms. The van der Waals surface area contributed by atoms with E-state index in [0.717, 1.165) is 5.56 Å². The highest BCUT2D eigenvalue weighted by Gasteiger charge is 2.12. The van der Waals surface area contributed by atoms with Crippen LogP contribution in [-0.4, -0.2) is 30.3 Å². The largest absolute Gasteiger partial charge is 0.293 e. The van der Waals surface area contributed by atoms with Gasteiger partial charge in [-0.3, -0.25) is 4.79 Å². The van der Waals surface area contributed by atoms with E-state index in [0.29, 0.717) is 5.75 Å². The Hall–Kier alpha value is -0.760. The third-order valence-electron chi connectivity index (χ3n) is 1.66. The summed E-state index contributed by atoms with van der Waals surface area (Å²) in [6.07, 6.45) is 6.48. The van der Waals surface area contributed by atoms with E-state index >= 15 is 0 Å². The number of Topliss-reactive ketones (excluding diaryl/α,β-unsaturated/α-hetero) is 1. The lowest BCUT2D eigenvalue weighted by molar-refractivity contribution is 0.102. The molecule has 0 atom stereocenters. The summed E-state index contributed by atoms with van der Waals surface area (Å²) >= 11 is 0. The summed E-state index contributed by atoms with van der Waals surface area (Å²) < 4.78 is 0. The molecule has 0 fully saturated rings. The first-order valence-corrected chi connectivity index (χ1v) is 7.26. The van der Waals surface area contributed by atoms with Crippen LogP contribution in [0.25, 0.3) is 0 Å². The molecule has 1 aromatic rings. The fourth-order valence-electron chi connectivity index (χ4n) is 1.10. The molecule has 0 aliphatic rings. The van der Waals surface area contributed by atoms with Gasteiger partial charge in [-0.15, -0.1) is 0 Å². The van der Waals surface area contributed by atoms with E-state index in [4.69, 9.17) is 0 Å². The molecule has 0 aromatic heterocycles. The first-order valence-electron chi connectivity index (χ1n) is 4.23. The molecule has 0 bridgehead atoms. The molecule has 0 spiro atoms. The third-order valence-corrected chi connectivity index (χ3v) is 2.79. The number of carbonyl (C=O) groups excluding carboxylic acids is 1. The highest BCUT2D eigenvalue weighted by Crippen LogP contribution is 2.34. The van der Waals surface area contributed by atoms with Crippen molar-refractivity contribution in [1.29, 1.82) is 0 Å². The Morgan fingerprint density at radius 2 is 1.69 bits per heavy atom. The average Bonchev–Trinajstić information content (AvgIpc) is 2.03. The zero-order valence-electron chi connectivity index (χ0n) is 8.41. The molecule has 1 nitrogen and oxygen atoms in total. The van der Waals surface area contributed by atoms with Crippen molar-refractivity contribution >= 4 is 15.8 Å². The van der Waals surface area contributed by atoms with Gasteiger partial charge in [0.1, 0.15) is 0 Å². The van der Waals surface area contributed by atoms with E-state index in [1.54, 1.807) is 0 Å². The smallest absolute Gasteiger partial charge is 0.171 e. The molecule has 1 aromatic carbocycles. The van der Waals surface area contributed by atoms with Crippen LogP contribution < -0.4 is 0 Å². The van der Waals surface area contributed by atoms with Crippen molar-refractivity contribution in [2.24, 2.45) is 0 Å². The van der Waals surface area contributed by atoms with Crippen molar-refractivity contribution in [2.75, 3.05) is 24.5 Å². The van der Waals surface area contributed by atoms with E-state index in [1.807, 2.05) is 30.3 Å². The van der Waals surface area contributed by atoms with Crippen LogP contribution in [0.5, 0.6) is 0 Å². The van der Waals surface area contributed by atoms with Crippen LogP contribution in [-0.2, 0) is 0 Å². The molecule has 72 valence electrons. The summed E-state index contributed by atoms with van der Waals surface area (Å²) in [4.78, 5) is 11.7. The average molecular weight is 196 g/mol. The highest BCUT2D eigenvalue weighted by molar-refractivity contribution is 8.32. The number of rotatable bonds is 3. The lowest BCUT2D eigenvalue weighted by Crippen LogP contribution is -2.11. The zero-order chi connectivity index (χ0) is 9.90. The summed E-state index contributed by atoms with van der Waals surface area (Å²) in [5.41, 5.74) is 0.838. The topological polar surface area (TPSA) is 17.1 Å². The molecule has 0 heterocycles. The number of carbonyl (C=O) groups is 1. The number of hydrogen-bond acceptors (Lipinski definition) is 1. The zero-order valence-corrected chi connectivity index (χ0v) is 9.23. The van der Waals surface area contributed by atoms with Gasteiger partial charge in [0.05, 0.1) is 0 Å². The minimum atomic E-state index is -0.721. The van der Waals surface area contributed by atoms with Crippen LogP contribution in [0.2, 0.25) is 0 Å². The Kier molecular flexibility index (Phi) is 3.15. The molecule has 13 heavy (non-hydrogen) atoms. The first kappa shape index (κ1) is 10.3. The lowest BCUT2D eigenvalue weighted by atomic mass is 10.2. The Morgan fingerprint density at radius 3 is 2.15 bits per heavy atom. The second-order valence-corrected chi connectivity index (χ2v) is 8.49. The molecular weight excluding hydrogens is 180 g/mol. The normalized spacial score (nSPS) is 12.5. The highest BCUT2D eigenvalue weighted by atomic mass is 32.3. The van der Waals surface area contributed by atoms with Crippen molar-refractivity contribution in [3.63, 3.8) is 0 Å². The van der Waals surface area contributed by atoms with Crippen LogP contribution in [0, 0.1) is 0 Å². The Bertz CT molecular complexity index is 285. The van der Waals surface area contributed by atoms with E-state index in [-0.39, 0.29) is 5.78 Å². The second-order valence-electron chi connectivity index (χ2n) is 4.02. The van der Waals surface area contributed by atoms with Gasteiger partial charge in [0.25, 0.3) is 0 Å². The molecule has 0 saturated carbocycles. The Balaban J connectivity index is 2.71. The van der Waals surface area contributed by atoms with Crippen molar-refractivity contribution in [1.82, 2.24) is 0 Å². The maximum Gasteiger partial charge on any atom is 0.171 e. The molecular formula is C11H16OS. The minimum absolute atomic E-state index is 0.267. The summed E-state index contributed by atoms with van der Waals surface area (Å²) in [5, 5.41) is 0. The molecule has 0 aliphatic carbocycles. The first-order chi connectivity index (χ1) is 5.99. The summed E-state index contributed by atoms with van der Waals surface area (Å²) in [7, 11) is -0.721. The van der Waals surface area contributed by atoms with Gasteiger partial charge >= 0.3 is 0 Å². The van der Waals surface area contributed by atoms with Crippen LogP contribution in [0.4, 0.5) is 0 Å². The van der Waals surface area contributed by atoms with E-state index in [9.17, 15) is 4.79 Å². The fourth-order valence-corrected chi connectivity index (χ4v) is 2.05. The standard InChI is InChI=1S/C11H16OS/c1-13(2,3)9-11(12)10-7-5-4-6-8-10/h4-8H,9H2,1-3H3. The van der Waals surface area contributed by atoms with Crippen LogP contribution in [0.3, 0.4) is 0 Å². The second kappa shape index (κ2) is 3.97. The van der Waals surface area contributed by atoms with Gasteiger partial charge in [-0.05, 0) is 18.8 Å². The van der Waals surface area contributed by atoms with Gasteiger partial charge in [-0.25, -0.2) is 10.0 Å². The predicted molar refractivity (Wildman–Crippen MR) is 61.0 cm³/mol. The Morgan fingerprint density at radius 1 is 1.15 bits per heavy atom.